The van der Waals surface area contributed by atoms with Crippen molar-refractivity contribution in [1.29, 1.82) is 0 Å². The summed E-state index contributed by atoms with van der Waals surface area (Å²) in [6, 6.07) is 13.7. The van der Waals surface area contributed by atoms with Crippen LogP contribution in [0.3, 0.4) is 0 Å². The van der Waals surface area contributed by atoms with Gasteiger partial charge in [0.2, 0.25) is 0 Å². The molecular weight excluding hydrogens is 354 g/mol. The van der Waals surface area contributed by atoms with Gasteiger partial charge in [0.1, 0.15) is 5.65 Å². The summed E-state index contributed by atoms with van der Waals surface area (Å²) in [5.41, 5.74) is 5.08. The topological polar surface area (TPSA) is 81.4 Å². The normalized spacial score (nSPS) is 10.8. The van der Waals surface area contributed by atoms with Crippen LogP contribution in [0.2, 0.25) is 0 Å². The third kappa shape index (κ3) is 3.83. The molecular formula is C21H19N5O2. The largest absolute Gasteiger partial charge is 0.453 e. The number of carbonyl (C=O) groups is 1. The zero-order valence-electron chi connectivity index (χ0n) is 15.6. The minimum atomic E-state index is -0.277. The van der Waals surface area contributed by atoms with Gasteiger partial charge in [-0.1, -0.05) is 18.2 Å². The van der Waals surface area contributed by atoms with Crippen LogP contribution in [0.25, 0.3) is 16.9 Å². The number of ether oxygens (including phenoxy) is 1. The van der Waals surface area contributed by atoms with E-state index >= 15 is 0 Å². The zero-order valence-corrected chi connectivity index (χ0v) is 15.6. The molecule has 7 heteroatoms. The molecule has 0 unspecified atom stereocenters. The van der Waals surface area contributed by atoms with Gasteiger partial charge in [0.05, 0.1) is 5.69 Å². The van der Waals surface area contributed by atoms with E-state index in [1.165, 1.54) is 0 Å². The Morgan fingerprint density at radius 3 is 2.86 bits per heavy atom. The second kappa shape index (κ2) is 7.48. The lowest BCUT2D eigenvalue weighted by molar-refractivity contribution is -0.118. The fourth-order valence-corrected chi connectivity index (χ4v) is 2.80. The van der Waals surface area contributed by atoms with Crippen LogP contribution in [-0.4, -0.2) is 31.9 Å². The van der Waals surface area contributed by atoms with Gasteiger partial charge in [0.25, 0.3) is 5.91 Å². The number of nitrogens with zero attached hydrogens (tertiary/aromatic N) is 4. The van der Waals surface area contributed by atoms with Crippen LogP contribution in [0.4, 0.5) is 5.69 Å². The Bertz CT molecular complexity index is 1120. The summed E-state index contributed by atoms with van der Waals surface area (Å²) < 4.78 is 7.33. The zero-order chi connectivity index (χ0) is 19.5. The molecule has 1 amide bonds. The Morgan fingerprint density at radius 1 is 1.14 bits per heavy atom. The molecule has 3 aromatic heterocycles. The number of aryl methyl sites for hydroxylation is 2. The standard InChI is InChI=1S/C21H19N5O2/c1-14-6-7-16(18-12-26-10-4-3-5-19(26)24-18)11-17(14)25-20(27)13-28-21-22-9-8-15(2)23-21/h3-12H,13H2,1-2H3,(H,25,27). The lowest BCUT2D eigenvalue weighted by Gasteiger charge is -2.10. The van der Waals surface area contributed by atoms with Gasteiger partial charge in [-0.2, -0.15) is 0 Å². The van der Waals surface area contributed by atoms with Gasteiger partial charge in [-0.25, -0.2) is 15.0 Å². The molecule has 0 fully saturated rings. The minimum Gasteiger partial charge on any atom is -0.453 e. The molecule has 0 bridgehead atoms. The molecule has 0 saturated heterocycles. The van der Waals surface area contributed by atoms with Gasteiger partial charge in [0, 0.05) is 35.5 Å². The number of rotatable bonds is 5. The van der Waals surface area contributed by atoms with Crippen LogP contribution in [0, 0.1) is 13.8 Å². The van der Waals surface area contributed by atoms with Crippen LogP contribution >= 0.6 is 0 Å². The summed E-state index contributed by atoms with van der Waals surface area (Å²) in [6.45, 7) is 3.61. The Kier molecular flexibility index (Phi) is 4.72. The van der Waals surface area contributed by atoms with Crippen molar-refractivity contribution >= 4 is 17.2 Å². The molecule has 140 valence electrons. The lowest BCUT2D eigenvalue weighted by Crippen LogP contribution is -2.21. The van der Waals surface area contributed by atoms with Gasteiger partial charge in [-0.05, 0) is 43.7 Å². The molecule has 4 rings (SSSR count). The van der Waals surface area contributed by atoms with Crippen molar-refractivity contribution in [2.75, 3.05) is 11.9 Å². The van der Waals surface area contributed by atoms with E-state index in [-0.39, 0.29) is 18.5 Å². The maximum Gasteiger partial charge on any atom is 0.317 e. The fourth-order valence-electron chi connectivity index (χ4n) is 2.80. The molecule has 28 heavy (non-hydrogen) atoms. The summed E-state index contributed by atoms with van der Waals surface area (Å²) in [6.07, 6.45) is 5.51. The molecule has 4 aromatic rings. The number of nitrogens with one attached hydrogen (secondary N) is 1. The fraction of sp³-hybridized carbons (Fsp3) is 0.143. The molecule has 0 aliphatic heterocycles. The first-order valence-electron chi connectivity index (χ1n) is 8.85. The average molecular weight is 373 g/mol. The molecule has 1 aromatic carbocycles. The van der Waals surface area contributed by atoms with E-state index in [0.717, 1.165) is 28.2 Å². The number of fused-ring (bicyclic) bond motifs is 1. The predicted molar refractivity (Wildman–Crippen MR) is 106 cm³/mol. The highest BCUT2D eigenvalue weighted by Gasteiger charge is 2.10. The smallest absolute Gasteiger partial charge is 0.317 e. The number of hydrogen-bond donors (Lipinski definition) is 1. The number of pyridine rings is 1. The summed E-state index contributed by atoms with van der Waals surface area (Å²) >= 11 is 0. The Balaban J connectivity index is 1.49. The van der Waals surface area contributed by atoms with Crippen molar-refractivity contribution in [1.82, 2.24) is 19.4 Å². The first-order chi connectivity index (χ1) is 13.6. The molecule has 7 nitrogen and oxygen atoms in total. The van der Waals surface area contributed by atoms with Crippen LogP contribution in [0.1, 0.15) is 11.3 Å². The summed E-state index contributed by atoms with van der Waals surface area (Å²) in [5.74, 6) is -0.277. The SMILES string of the molecule is Cc1ccnc(OCC(=O)Nc2cc(-c3cn4ccccc4n3)ccc2C)n1. The minimum absolute atomic E-state index is 0.165. The van der Waals surface area contributed by atoms with E-state index in [9.17, 15) is 4.79 Å². The maximum absolute atomic E-state index is 12.3. The molecule has 3 heterocycles. The maximum atomic E-state index is 12.3. The van der Waals surface area contributed by atoms with Crippen LogP contribution < -0.4 is 10.1 Å². The molecule has 0 atom stereocenters. The Hall–Kier alpha value is -3.74. The highest BCUT2D eigenvalue weighted by atomic mass is 16.5. The summed E-state index contributed by atoms with van der Waals surface area (Å²) in [4.78, 5) is 25.0. The van der Waals surface area contributed by atoms with Gasteiger partial charge >= 0.3 is 6.01 Å². The van der Waals surface area contributed by atoms with E-state index < -0.39 is 0 Å². The molecule has 0 saturated carbocycles. The van der Waals surface area contributed by atoms with Crippen molar-refractivity contribution in [2.24, 2.45) is 0 Å². The van der Waals surface area contributed by atoms with Crippen LogP contribution in [-0.2, 0) is 4.79 Å². The number of amides is 1. The van der Waals surface area contributed by atoms with E-state index in [0.29, 0.717) is 5.69 Å². The van der Waals surface area contributed by atoms with Crippen LogP contribution in [0.15, 0.2) is 61.1 Å². The van der Waals surface area contributed by atoms with Gasteiger partial charge in [-0.15, -0.1) is 0 Å². The number of hydrogen-bond acceptors (Lipinski definition) is 5. The first-order valence-corrected chi connectivity index (χ1v) is 8.85. The molecule has 0 spiro atoms. The first kappa shape index (κ1) is 17.7. The van der Waals surface area contributed by atoms with Gasteiger partial charge in [0.15, 0.2) is 6.61 Å². The van der Waals surface area contributed by atoms with Crippen LogP contribution in [0.5, 0.6) is 6.01 Å². The third-order valence-corrected chi connectivity index (χ3v) is 4.28. The molecule has 0 aliphatic rings. The number of imidazole rings is 1. The molecule has 0 aliphatic carbocycles. The van der Waals surface area contributed by atoms with Crippen molar-refractivity contribution < 1.29 is 9.53 Å². The number of carbonyl (C=O) groups excluding carboxylic acids is 1. The molecule has 1 N–H and O–H groups in total. The Labute approximate surface area is 162 Å². The number of benzene rings is 1. The quantitative estimate of drug-likeness (QED) is 0.580. The summed E-state index contributed by atoms with van der Waals surface area (Å²) in [5, 5.41) is 2.88. The van der Waals surface area contributed by atoms with Crippen molar-refractivity contribution in [3.05, 3.63) is 72.3 Å². The number of anilines is 1. The average Bonchev–Trinajstić information content (AvgIpc) is 3.12. The van der Waals surface area contributed by atoms with E-state index in [1.807, 2.05) is 67.0 Å². The third-order valence-electron chi connectivity index (χ3n) is 4.28. The highest BCUT2D eigenvalue weighted by Crippen LogP contribution is 2.25. The second-order valence-corrected chi connectivity index (χ2v) is 6.44. The predicted octanol–water partition coefficient (Wildman–Crippen LogP) is 3.43. The van der Waals surface area contributed by atoms with Gasteiger partial charge in [-0.3, -0.25) is 4.79 Å². The van der Waals surface area contributed by atoms with Crippen molar-refractivity contribution in [2.45, 2.75) is 13.8 Å². The van der Waals surface area contributed by atoms with Crippen molar-refractivity contribution in [3.8, 4) is 17.3 Å². The van der Waals surface area contributed by atoms with Gasteiger partial charge < -0.3 is 14.5 Å². The Morgan fingerprint density at radius 2 is 2.04 bits per heavy atom. The summed E-state index contributed by atoms with van der Waals surface area (Å²) in [7, 11) is 0. The number of aromatic nitrogens is 4. The highest BCUT2D eigenvalue weighted by molar-refractivity contribution is 5.93. The lowest BCUT2D eigenvalue weighted by atomic mass is 10.1. The monoisotopic (exact) mass is 373 g/mol. The molecule has 0 radical (unpaired) electrons. The van der Waals surface area contributed by atoms with Crippen molar-refractivity contribution in [3.63, 3.8) is 0 Å². The van der Waals surface area contributed by atoms with E-state index in [1.54, 1.807) is 12.3 Å². The van der Waals surface area contributed by atoms with E-state index in [2.05, 4.69) is 20.3 Å². The van der Waals surface area contributed by atoms with E-state index in [4.69, 9.17) is 4.74 Å². The second-order valence-electron chi connectivity index (χ2n) is 6.44.